The van der Waals surface area contributed by atoms with E-state index in [9.17, 15) is 8.78 Å². The van der Waals surface area contributed by atoms with Crippen LogP contribution in [0.3, 0.4) is 0 Å². The van der Waals surface area contributed by atoms with Crippen LogP contribution in [0.4, 0.5) is 32.1 Å². The van der Waals surface area contributed by atoms with Gasteiger partial charge in [0.25, 0.3) is 0 Å². The number of aromatic nitrogens is 12. The Morgan fingerprint density at radius 1 is 0.562 bits per heavy atom. The number of halogens is 4. The van der Waals surface area contributed by atoms with Gasteiger partial charge in [0.15, 0.2) is 0 Å². The predicted molar refractivity (Wildman–Crippen MR) is 237 cm³/mol. The molecule has 0 saturated carbocycles. The van der Waals surface area contributed by atoms with Crippen LogP contribution in [-0.4, -0.2) is 73.3 Å². The summed E-state index contributed by atoms with van der Waals surface area (Å²) in [6.07, 6.45) is 9.14. The highest BCUT2D eigenvalue weighted by Gasteiger charge is 2.26. The number of nitrogens with one attached hydrogen (secondary N) is 2. The van der Waals surface area contributed by atoms with Gasteiger partial charge in [-0.3, -0.25) is 0 Å². The summed E-state index contributed by atoms with van der Waals surface area (Å²) in [5, 5.41) is 24.4. The number of ether oxygens (including phenoxy) is 2. The normalized spacial score (nSPS) is 15.8. The number of rotatable bonds is 10. The maximum Gasteiger partial charge on any atom is 0.246 e. The number of benzene rings is 4. The quantitative estimate of drug-likeness (QED) is 0.134. The van der Waals surface area contributed by atoms with E-state index in [1.807, 2.05) is 70.0 Å². The minimum atomic E-state index is -0.239. The summed E-state index contributed by atoms with van der Waals surface area (Å²) in [6.45, 7) is 1.61. The van der Waals surface area contributed by atoms with E-state index in [2.05, 4.69) is 41.0 Å². The predicted octanol–water partition coefficient (Wildman–Crippen LogP) is 9.44. The van der Waals surface area contributed by atoms with Crippen LogP contribution in [0.2, 0.25) is 10.6 Å². The molecule has 0 unspecified atom stereocenters. The molecule has 2 atom stereocenters. The summed E-state index contributed by atoms with van der Waals surface area (Å²) in [7, 11) is 3.18. The van der Waals surface area contributed by atoms with E-state index in [0.717, 1.165) is 85.8 Å². The fourth-order valence-electron chi connectivity index (χ4n) is 8.02. The molecule has 0 saturated heterocycles. The van der Waals surface area contributed by atoms with Crippen LogP contribution in [-0.2, 0) is 13.1 Å². The molecule has 0 aliphatic carbocycles. The molecule has 0 bridgehead atoms. The lowest BCUT2D eigenvalue weighted by molar-refractivity contribution is 0.412. The topological polar surface area (TPSA) is 165 Å². The molecule has 2 aliphatic heterocycles. The summed E-state index contributed by atoms with van der Waals surface area (Å²) < 4.78 is 44.9. The van der Waals surface area contributed by atoms with Crippen molar-refractivity contribution in [2.75, 3.05) is 24.9 Å². The lowest BCUT2D eigenvalue weighted by Crippen LogP contribution is -2.08. The van der Waals surface area contributed by atoms with E-state index >= 15 is 0 Å². The number of hydrogen-bond acceptors (Lipinski definition) is 12. The van der Waals surface area contributed by atoms with Crippen LogP contribution in [0.25, 0.3) is 11.4 Å². The standard InChI is InChI=1S/2C22H21ClFN7O/c2*1-32-19-12-16(9-10-18(19)31-13-25-21(23)28-31)26-22-27-20-17(4-2-3-11-30(20)29-22)14-5-7-15(24)8-6-14/h2*5-10,12-13,17H,2-4,11H2,1H3,(H,26,29)/t2*17-/m10/s1. The highest BCUT2D eigenvalue weighted by atomic mass is 35.5. The van der Waals surface area contributed by atoms with Gasteiger partial charge in [0.05, 0.1) is 14.2 Å². The van der Waals surface area contributed by atoms with E-state index in [1.54, 1.807) is 23.6 Å². The van der Waals surface area contributed by atoms with Gasteiger partial charge in [-0.05, 0) is 109 Å². The molecule has 0 fully saturated rings. The Hall–Kier alpha value is -6.92. The molecule has 8 aromatic rings. The first-order valence-corrected chi connectivity index (χ1v) is 21.4. The zero-order valence-electron chi connectivity index (χ0n) is 34.7. The second-order valence-electron chi connectivity index (χ2n) is 15.2. The highest BCUT2D eigenvalue weighted by molar-refractivity contribution is 6.28. The molecule has 64 heavy (non-hydrogen) atoms. The Bertz CT molecular complexity index is 2670. The molecule has 4 aromatic carbocycles. The van der Waals surface area contributed by atoms with Gasteiger partial charge in [-0.25, -0.2) is 37.5 Å². The van der Waals surface area contributed by atoms with Gasteiger partial charge in [-0.2, -0.15) is 9.97 Å². The molecular weight excluding hydrogens is 865 g/mol. The Kier molecular flexibility index (Phi) is 12.5. The van der Waals surface area contributed by atoms with Gasteiger partial charge in [-0.15, -0.1) is 20.4 Å². The fourth-order valence-corrected chi connectivity index (χ4v) is 8.27. The average molecular weight is 908 g/mol. The second-order valence-corrected chi connectivity index (χ2v) is 15.8. The molecule has 2 aliphatic rings. The zero-order chi connectivity index (χ0) is 44.2. The average Bonchev–Trinajstić information content (AvgIpc) is 4.08. The van der Waals surface area contributed by atoms with Crippen LogP contribution in [0.15, 0.2) is 97.6 Å². The monoisotopic (exact) mass is 906 g/mol. The van der Waals surface area contributed by atoms with Crippen molar-refractivity contribution in [3.63, 3.8) is 0 Å². The lowest BCUT2D eigenvalue weighted by Gasteiger charge is -2.14. The van der Waals surface area contributed by atoms with E-state index in [-0.39, 0.29) is 34.0 Å². The van der Waals surface area contributed by atoms with Gasteiger partial charge >= 0.3 is 0 Å². The molecule has 20 heteroatoms. The zero-order valence-corrected chi connectivity index (χ0v) is 36.3. The molecule has 16 nitrogen and oxygen atoms in total. The van der Waals surface area contributed by atoms with Crippen molar-refractivity contribution in [1.82, 2.24) is 59.1 Å². The maximum absolute atomic E-state index is 13.4. The van der Waals surface area contributed by atoms with Crippen LogP contribution in [0, 0.1) is 11.6 Å². The summed E-state index contributed by atoms with van der Waals surface area (Å²) in [6, 6.07) is 24.5. The van der Waals surface area contributed by atoms with E-state index in [0.29, 0.717) is 34.8 Å². The van der Waals surface area contributed by atoms with Gasteiger partial charge in [0, 0.05) is 48.4 Å². The Labute approximate surface area is 376 Å². The van der Waals surface area contributed by atoms with Crippen molar-refractivity contribution < 1.29 is 18.3 Å². The first-order chi connectivity index (χ1) is 31.2. The SMILES string of the molecule is COc1cc(Nc2nc3n(n2)CCCC[C@@H]3c2ccc(F)cc2)ccc1-n1cnc(Cl)n1.COc1cc(Nc2nc3n(n2)CCCC[C@H]3c2ccc(F)cc2)ccc1-n1cnc(Cl)n1. The molecule has 328 valence electrons. The Morgan fingerprint density at radius 3 is 1.36 bits per heavy atom. The maximum atomic E-state index is 13.4. The second kappa shape index (κ2) is 18.8. The summed E-state index contributed by atoms with van der Waals surface area (Å²) in [5.41, 5.74) is 5.06. The van der Waals surface area contributed by atoms with Crippen molar-refractivity contribution in [3.05, 3.63) is 143 Å². The van der Waals surface area contributed by atoms with Crippen LogP contribution in [0.1, 0.15) is 73.1 Å². The Balaban J connectivity index is 0.000000162. The smallest absolute Gasteiger partial charge is 0.246 e. The third-order valence-corrected chi connectivity index (χ3v) is 11.4. The summed E-state index contributed by atoms with van der Waals surface area (Å²) in [5.74, 6) is 3.66. The highest BCUT2D eigenvalue weighted by Crippen LogP contribution is 2.35. The number of anilines is 4. The number of hydrogen-bond donors (Lipinski definition) is 2. The Morgan fingerprint density at radius 2 is 0.984 bits per heavy atom. The van der Waals surface area contributed by atoms with E-state index < -0.39 is 0 Å². The number of nitrogens with zero attached hydrogens (tertiary/aromatic N) is 12. The molecule has 0 amide bonds. The van der Waals surface area contributed by atoms with E-state index in [1.165, 1.54) is 36.9 Å². The van der Waals surface area contributed by atoms with Crippen molar-refractivity contribution in [2.45, 2.75) is 63.5 Å². The third kappa shape index (κ3) is 9.38. The van der Waals surface area contributed by atoms with Crippen molar-refractivity contribution in [1.29, 1.82) is 0 Å². The van der Waals surface area contributed by atoms with Gasteiger partial charge < -0.3 is 20.1 Å². The third-order valence-electron chi connectivity index (χ3n) is 11.1. The van der Waals surface area contributed by atoms with Crippen molar-refractivity contribution in [3.8, 4) is 22.9 Å². The summed E-state index contributed by atoms with van der Waals surface area (Å²) in [4.78, 5) is 17.5. The molecule has 10 rings (SSSR count). The van der Waals surface area contributed by atoms with Gasteiger partial charge in [0.2, 0.25) is 22.5 Å². The minimum Gasteiger partial charge on any atom is -0.494 e. The number of fused-ring (bicyclic) bond motifs is 2. The summed E-state index contributed by atoms with van der Waals surface area (Å²) >= 11 is 11.7. The van der Waals surface area contributed by atoms with Gasteiger partial charge in [-0.1, -0.05) is 37.1 Å². The lowest BCUT2D eigenvalue weighted by atomic mass is 9.93. The van der Waals surface area contributed by atoms with Gasteiger partial charge in [0.1, 0.15) is 58.8 Å². The van der Waals surface area contributed by atoms with Crippen LogP contribution >= 0.6 is 23.2 Å². The van der Waals surface area contributed by atoms with Crippen molar-refractivity contribution >= 4 is 46.5 Å². The first kappa shape index (κ1) is 42.4. The molecule has 4 aromatic heterocycles. The largest absolute Gasteiger partial charge is 0.494 e. The number of aryl methyl sites for hydroxylation is 2. The fraction of sp³-hybridized carbons (Fsp3) is 0.273. The molecule has 0 radical (unpaired) electrons. The molecule has 6 heterocycles. The molecular formula is C44H42Cl2F2N14O2. The number of methoxy groups -OCH3 is 2. The molecule has 0 spiro atoms. The molecule has 2 N–H and O–H groups in total. The minimum absolute atomic E-state index is 0.0788. The van der Waals surface area contributed by atoms with Crippen LogP contribution < -0.4 is 20.1 Å². The van der Waals surface area contributed by atoms with Crippen LogP contribution in [0.5, 0.6) is 11.5 Å². The van der Waals surface area contributed by atoms with Crippen molar-refractivity contribution in [2.24, 2.45) is 0 Å². The first-order valence-electron chi connectivity index (χ1n) is 20.7. The van der Waals surface area contributed by atoms with E-state index in [4.69, 9.17) is 42.6 Å².